The van der Waals surface area contributed by atoms with Crippen molar-refractivity contribution in [3.05, 3.63) is 70.4 Å². The first-order chi connectivity index (χ1) is 9.18. The minimum Gasteiger partial charge on any atom is -0.288 e. The van der Waals surface area contributed by atoms with Gasteiger partial charge in [0.2, 0.25) is 0 Å². The Morgan fingerprint density at radius 1 is 1.05 bits per heavy atom. The van der Waals surface area contributed by atoms with Gasteiger partial charge in [-0.05, 0) is 41.5 Å². The van der Waals surface area contributed by atoms with E-state index in [0.29, 0.717) is 11.1 Å². The fourth-order valence-corrected chi connectivity index (χ4v) is 3.05. The standard InChI is InChI=1S/C16H11FOS/c1-10-4-2-6-12(14(10)17)15(18)13-7-3-5-11-8-9-19-16(11)13/h2-9H,1H3. The SMILES string of the molecule is Cc1cccc(C(=O)c2cccc3ccsc23)c1F. The predicted molar refractivity (Wildman–Crippen MR) is 76.4 cm³/mol. The van der Waals surface area contributed by atoms with Crippen LogP contribution in [0.3, 0.4) is 0 Å². The highest BCUT2D eigenvalue weighted by Crippen LogP contribution is 2.27. The summed E-state index contributed by atoms with van der Waals surface area (Å²) in [6.07, 6.45) is 0. The number of hydrogen-bond acceptors (Lipinski definition) is 2. The number of carbonyl (C=O) groups excluding carboxylic acids is 1. The second kappa shape index (κ2) is 4.59. The molecule has 0 unspecified atom stereocenters. The van der Waals surface area contributed by atoms with Crippen molar-refractivity contribution in [3.63, 3.8) is 0 Å². The lowest BCUT2D eigenvalue weighted by Crippen LogP contribution is -2.05. The van der Waals surface area contributed by atoms with Crippen LogP contribution in [0.1, 0.15) is 21.5 Å². The first-order valence-electron chi connectivity index (χ1n) is 5.94. The van der Waals surface area contributed by atoms with Crippen LogP contribution in [0.15, 0.2) is 47.8 Å². The third-order valence-corrected chi connectivity index (χ3v) is 4.12. The second-order valence-corrected chi connectivity index (χ2v) is 5.33. The van der Waals surface area contributed by atoms with Gasteiger partial charge in [0.15, 0.2) is 5.78 Å². The Kier molecular flexibility index (Phi) is 2.91. The number of benzene rings is 2. The van der Waals surface area contributed by atoms with Gasteiger partial charge in [0.1, 0.15) is 5.82 Å². The largest absolute Gasteiger partial charge is 0.288 e. The second-order valence-electron chi connectivity index (χ2n) is 4.41. The monoisotopic (exact) mass is 270 g/mol. The predicted octanol–water partition coefficient (Wildman–Crippen LogP) is 4.58. The van der Waals surface area contributed by atoms with E-state index >= 15 is 0 Å². The van der Waals surface area contributed by atoms with Crippen LogP contribution in [0.4, 0.5) is 4.39 Å². The van der Waals surface area contributed by atoms with Gasteiger partial charge < -0.3 is 0 Å². The van der Waals surface area contributed by atoms with Crippen molar-refractivity contribution in [2.45, 2.75) is 6.92 Å². The molecule has 1 aromatic heterocycles. The number of aryl methyl sites for hydroxylation is 1. The molecule has 1 nitrogen and oxygen atoms in total. The molecule has 2 aromatic carbocycles. The number of rotatable bonds is 2. The molecule has 0 spiro atoms. The van der Waals surface area contributed by atoms with E-state index in [2.05, 4.69) is 0 Å². The number of halogens is 1. The summed E-state index contributed by atoms with van der Waals surface area (Å²) in [4.78, 5) is 12.5. The molecule has 0 fully saturated rings. The molecular formula is C16H11FOS. The normalized spacial score (nSPS) is 10.8. The van der Waals surface area contributed by atoms with Crippen molar-refractivity contribution in [1.29, 1.82) is 0 Å². The Labute approximate surface area is 114 Å². The summed E-state index contributed by atoms with van der Waals surface area (Å²) in [6.45, 7) is 1.66. The topological polar surface area (TPSA) is 17.1 Å². The lowest BCUT2D eigenvalue weighted by atomic mass is 10.00. The number of hydrogen-bond donors (Lipinski definition) is 0. The van der Waals surface area contributed by atoms with Crippen molar-refractivity contribution in [2.24, 2.45) is 0 Å². The van der Waals surface area contributed by atoms with E-state index in [1.54, 1.807) is 25.1 Å². The average Bonchev–Trinajstić information content (AvgIpc) is 2.89. The van der Waals surface area contributed by atoms with Crippen LogP contribution in [0.2, 0.25) is 0 Å². The smallest absolute Gasteiger partial charge is 0.197 e. The molecule has 94 valence electrons. The van der Waals surface area contributed by atoms with Gasteiger partial charge in [-0.25, -0.2) is 4.39 Å². The first-order valence-corrected chi connectivity index (χ1v) is 6.82. The number of ketones is 1. The number of fused-ring (bicyclic) bond motifs is 1. The van der Waals surface area contributed by atoms with Crippen LogP contribution in [0.25, 0.3) is 10.1 Å². The summed E-state index contributed by atoms with van der Waals surface area (Å²) in [5.74, 6) is -0.685. The minimum absolute atomic E-state index is 0.140. The van der Waals surface area contributed by atoms with Crippen LogP contribution >= 0.6 is 11.3 Å². The first kappa shape index (κ1) is 12.1. The molecule has 0 amide bonds. The Morgan fingerprint density at radius 2 is 1.79 bits per heavy atom. The molecule has 19 heavy (non-hydrogen) atoms. The Bertz CT molecular complexity index is 773. The summed E-state index contributed by atoms with van der Waals surface area (Å²) in [5.41, 5.74) is 1.20. The van der Waals surface area contributed by atoms with Crippen LogP contribution in [-0.2, 0) is 0 Å². The zero-order chi connectivity index (χ0) is 13.4. The summed E-state index contributed by atoms with van der Waals surface area (Å²) >= 11 is 1.50. The van der Waals surface area contributed by atoms with Gasteiger partial charge in [-0.1, -0.05) is 24.3 Å². The molecule has 0 atom stereocenters. The lowest BCUT2D eigenvalue weighted by Gasteiger charge is -2.05. The lowest BCUT2D eigenvalue weighted by molar-refractivity contribution is 0.103. The van der Waals surface area contributed by atoms with Crippen molar-refractivity contribution >= 4 is 27.2 Å². The van der Waals surface area contributed by atoms with E-state index in [-0.39, 0.29) is 11.3 Å². The van der Waals surface area contributed by atoms with Gasteiger partial charge in [0.25, 0.3) is 0 Å². The van der Waals surface area contributed by atoms with Gasteiger partial charge in [-0.3, -0.25) is 4.79 Å². The van der Waals surface area contributed by atoms with E-state index in [9.17, 15) is 9.18 Å². The molecule has 3 heteroatoms. The van der Waals surface area contributed by atoms with Crippen molar-refractivity contribution in [2.75, 3.05) is 0 Å². The third-order valence-electron chi connectivity index (χ3n) is 3.16. The van der Waals surface area contributed by atoms with Gasteiger partial charge in [0, 0.05) is 10.3 Å². The molecule has 0 radical (unpaired) electrons. The molecule has 3 rings (SSSR count). The van der Waals surface area contributed by atoms with Gasteiger partial charge in [-0.2, -0.15) is 0 Å². The maximum Gasteiger partial charge on any atom is 0.197 e. The summed E-state index contributed by atoms with van der Waals surface area (Å²) in [6, 6.07) is 12.4. The highest BCUT2D eigenvalue weighted by atomic mass is 32.1. The van der Waals surface area contributed by atoms with E-state index in [1.165, 1.54) is 17.4 Å². The number of thiophene rings is 1. The number of carbonyl (C=O) groups is 1. The Hall–Kier alpha value is -2.00. The van der Waals surface area contributed by atoms with Crippen molar-refractivity contribution in [3.8, 4) is 0 Å². The zero-order valence-corrected chi connectivity index (χ0v) is 11.1. The highest BCUT2D eigenvalue weighted by molar-refractivity contribution is 7.17. The van der Waals surface area contributed by atoms with E-state index in [4.69, 9.17) is 0 Å². The Morgan fingerprint density at radius 3 is 2.63 bits per heavy atom. The van der Waals surface area contributed by atoms with Crippen LogP contribution in [-0.4, -0.2) is 5.78 Å². The van der Waals surface area contributed by atoms with Gasteiger partial charge in [0.05, 0.1) is 5.56 Å². The maximum atomic E-state index is 14.0. The maximum absolute atomic E-state index is 14.0. The molecule has 0 saturated heterocycles. The zero-order valence-electron chi connectivity index (χ0n) is 10.3. The van der Waals surface area contributed by atoms with E-state index in [0.717, 1.165) is 10.1 Å². The molecule has 1 heterocycles. The average molecular weight is 270 g/mol. The highest BCUT2D eigenvalue weighted by Gasteiger charge is 2.17. The third kappa shape index (κ3) is 1.96. The fourth-order valence-electron chi connectivity index (χ4n) is 2.14. The van der Waals surface area contributed by atoms with Crippen molar-refractivity contribution < 1.29 is 9.18 Å². The van der Waals surface area contributed by atoms with Gasteiger partial charge in [-0.15, -0.1) is 11.3 Å². The fraction of sp³-hybridized carbons (Fsp3) is 0.0625. The molecule has 0 aliphatic heterocycles. The summed E-state index contributed by atoms with van der Waals surface area (Å²) in [5, 5.41) is 2.96. The molecular weight excluding hydrogens is 259 g/mol. The van der Waals surface area contributed by atoms with Gasteiger partial charge >= 0.3 is 0 Å². The van der Waals surface area contributed by atoms with E-state index in [1.807, 2.05) is 23.6 Å². The van der Waals surface area contributed by atoms with Crippen molar-refractivity contribution in [1.82, 2.24) is 0 Å². The Balaban J connectivity index is 2.19. The molecule has 0 aliphatic rings. The molecule has 0 N–H and O–H groups in total. The quantitative estimate of drug-likeness (QED) is 0.623. The van der Waals surface area contributed by atoms with E-state index < -0.39 is 5.82 Å². The molecule has 0 bridgehead atoms. The minimum atomic E-state index is -0.430. The summed E-state index contributed by atoms with van der Waals surface area (Å²) < 4.78 is 15.0. The molecule has 3 aromatic rings. The van der Waals surface area contributed by atoms with Crippen LogP contribution in [0.5, 0.6) is 0 Å². The summed E-state index contributed by atoms with van der Waals surface area (Å²) in [7, 11) is 0. The van der Waals surface area contributed by atoms with Crippen LogP contribution in [0, 0.1) is 12.7 Å². The van der Waals surface area contributed by atoms with Crippen LogP contribution < -0.4 is 0 Å². The molecule has 0 saturated carbocycles. The molecule has 0 aliphatic carbocycles.